The molecule has 96 valence electrons. The standard InChI is InChI=1S/C14H20N4/c1-11-13(5-4-6-14(11)15)10-17(2)8-12-7-16-18(3)9-12/h4-7,9H,8,10,15H2,1-3H3. The molecule has 0 fully saturated rings. The van der Waals surface area contributed by atoms with Crippen LogP contribution >= 0.6 is 0 Å². The molecule has 0 saturated heterocycles. The lowest BCUT2D eigenvalue weighted by atomic mass is 10.1. The summed E-state index contributed by atoms with van der Waals surface area (Å²) < 4.78 is 1.83. The van der Waals surface area contributed by atoms with Gasteiger partial charge in [-0.3, -0.25) is 9.58 Å². The van der Waals surface area contributed by atoms with Crippen molar-refractivity contribution in [2.24, 2.45) is 7.05 Å². The van der Waals surface area contributed by atoms with Crippen LogP contribution in [0.4, 0.5) is 5.69 Å². The van der Waals surface area contributed by atoms with E-state index >= 15 is 0 Å². The van der Waals surface area contributed by atoms with E-state index in [1.165, 1.54) is 16.7 Å². The monoisotopic (exact) mass is 244 g/mol. The van der Waals surface area contributed by atoms with E-state index in [1.54, 1.807) is 0 Å². The van der Waals surface area contributed by atoms with Crippen molar-refractivity contribution >= 4 is 5.69 Å². The number of benzene rings is 1. The van der Waals surface area contributed by atoms with Crippen LogP contribution in [0.5, 0.6) is 0 Å². The van der Waals surface area contributed by atoms with E-state index in [9.17, 15) is 0 Å². The Hall–Kier alpha value is -1.81. The van der Waals surface area contributed by atoms with Gasteiger partial charge in [-0.2, -0.15) is 5.10 Å². The summed E-state index contributed by atoms with van der Waals surface area (Å²) in [6, 6.07) is 6.08. The molecule has 2 N–H and O–H groups in total. The Labute approximate surface area is 108 Å². The summed E-state index contributed by atoms with van der Waals surface area (Å²) in [5, 5.41) is 4.18. The number of nitrogens with zero attached hydrogens (tertiary/aromatic N) is 3. The van der Waals surface area contributed by atoms with Gasteiger partial charge in [0.2, 0.25) is 0 Å². The van der Waals surface area contributed by atoms with Gasteiger partial charge in [-0.25, -0.2) is 0 Å². The average molecular weight is 244 g/mol. The Morgan fingerprint density at radius 2 is 2.11 bits per heavy atom. The maximum absolute atomic E-state index is 5.92. The maximum atomic E-state index is 5.92. The second kappa shape index (κ2) is 5.23. The van der Waals surface area contributed by atoms with Crippen molar-refractivity contribution in [3.05, 3.63) is 47.3 Å². The van der Waals surface area contributed by atoms with Gasteiger partial charge in [0.1, 0.15) is 0 Å². The number of nitrogen functional groups attached to an aromatic ring is 1. The Bertz CT molecular complexity index is 530. The number of aromatic nitrogens is 2. The summed E-state index contributed by atoms with van der Waals surface area (Å²) >= 11 is 0. The fourth-order valence-corrected chi connectivity index (χ4v) is 2.09. The highest BCUT2D eigenvalue weighted by molar-refractivity contribution is 5.49. The SMILES string of the molecule is Cc1c(N)cccc1CN(C)Cc1cnn(C)c1. The molecule has 0 spiro atoms. The molecule has 0 atom stereocenters. The zero-order valence-electron chi connectivity index (χ0n) is 11.2. The minimum atomic E-state index is 0.863. The predicted octanol–water partition coefficient (Wildman–Crippen LogP) is 1.94. The van der Waals surface area contributed by atoms with Crippen molar-refractivity contribution in [3.8, 4) is 0 Å². The first kappa shape index (κ1) is 12.6. The highest BCUT2D eigenvalue weighted by Gasteiger charge is 2.06. The van der Waals surface area contributed by atoms with Gasteiger partial charge in [0.25, 0.3) is 0 Å². The molecule has 0 aliphatic rings. The van der Waals surface area contributed by atoms with Gasteiger partial charge >= 0.3 is 0 Å². The molecule has 1 aromatic carbocycles. The fraction of sp³-hybridized carbons (Fsp3) is 0.357. The van der Waals surface area contributed by atoms with Crippen LogP contribution in [0.25, 0.3) is 0 Å². The molecular weight excluding hydrogens is 224 g/mol. The summed E-state index contributed by atoms with van der Waals surface area (Å²) in [6.45, 7) is 3.86. The van der Waals surface area contributed by atoms with Crippen molar-refractivity contribution in [1.82, 2.24) is 14.7 Å². The maximum Gasteiger partial charge on any atom is 0.0534 e. The average Bonchev–Trinajstić information content (AvgIpc) is 2.70. The first-order valence-electron chi connectivity index (χ1n) is 6.06. The highest BCUT2D eigenvalue weighted by Crippen LogP contribution is 2.17. The molecule has 0 radical (unpaired) electrons. The molecule has 4 heteroatoms. The van der Waals surface area contributed by atoms with E-state index in [2.05, 4.69) is 30.0 Å². The zero-order valence-corrected chi connectivity index (χ0v) is 11.2. The van der Waals surface area contributed by atoms with E-state index in [-0.39, 0.29) is 0 Å². The van der Waals surface area contributed by atoms with E-state index in [0.717, 1.165) is 18.8 Å². The molecule has 1 aromatic heterocycles. The number of rotatable bonds is 4. The Balaban J connectivity index is 2.03. The van der Waals surface area contributed by atoms with Crippen LogP contribution in [-0.4, -0.2) is 21.7 Å². The van der Waals surface area contributed by atoms with Crippen molar-refractivity contribution in [1.29, 1.82) is 0 Å². The molecule has 0 amide bonds. The minimum Gasteiger partial charge on any atom is -0.399 e. The largest absolute Gasteiger partial charge is 0.399 e. The summed E-state index contributed by atoms with van der Waals surface area (Å²) in [6.07, 6.45) is 3.95. The van der Waals surface area contributed by atoms with Gasteiger partial charge in [0.05, 0.1) is 6.20 Å². The predicted molar refractivity (Wildman–Crippen MR) is 74.0 cm³/mol. The van der Waals surface area contributed by atoms with Crippen molar-refractivity contribution < 1.29 is 0 Å². The molecule has 0 unspecified atom stereocenters. The normalized spacial score (nSPS) is 11.1. The number of aryl methyl sites for hydroxylation is 1. The molecule has 0 aliphatic carbocycles. The van der Waals surface area contributed by atoms with Crippen molar-refractivity contribution in [3.63, 3.8) is 0 Å². The van der Waals surface area contributed by atoms with Crippen LogP contribution < -0.4 is 5.73 Å². The molecule has 0 bridgehead atoms. The van der Waals surface area contributed by atoms with Crippen LogP contribution in [0.3, 0.4) is 0 Å². The molecule has 0 aliphatic heterocycles. The van der Waals surface area contributed by atoms with Gasteiger partial charge in [0.15, 0.2) is 0 Å². The quantitative estimate of drug-likeness (QED) is 0.836. The highest BCUT2D eigenvalue weighted by atomic mass is 15.2. The second-order valence-corrected chi connectivity index (χ2v) is 4.83. The Morgan fingerprint density at radius 3 is 2.78 bits per heavy atom. The third-order valence-electron chi connectivity index (χ3n) is 3.14. The molecule has 2 aromatic rings. The molecule has 4 nitrogen and oxygen atoms in total. The zero-order chi connectivity index (χ0) is 13.1. The Kier molecular flexibility index (Phi) is 3.67. The topological polar surface area (TPSA) is 47.1 Å². The molecule has 2 rings (SSSR count). The molecule has 0 saturated carbocycles. The lowest BCUT2D eigenvalue weighted by Crippen LogP contribution is -2.17. The number of anilines is 1. The number of hydrogen-bond acceptors (Lipinski definition) is 3. The van der Waals surface area contributed by atoms with E-state index in [0.29, 0.717) is 0 Å². The fourth-order valence-electron chi connectivity index (χ4n) is 2.09. The molecule has 1 heterocycles. The van der Waals surface area contributed by atoms with Gasteiger partial charge in [-0.15, -0.1) is 0 Å². The number of nitrogens with two attached hydrogens (primary N) is 1. The number of hydrogen-bond donors (Lipinski definition) is 1. The molecule has 18 heavy (non-hydrogen) atoms. The van der Waals surface area contributed by atoms with Gasteiger partial charge < -0.3 is 5.73 Å². The van der Waals surface area contributed by atoms with E-state index < -0.39 is 0 Å². The molecular formula is C14H20N4. The van der Waals surface area contributed by atoms with E-state index in [1.807, 2.05) is 36.3 Å². The minimum absolute atomic E-state index is 0.863. The van der Waals surface area contributed by atoms with Gasteiger partial charge in [0, 0.05) is 37.6 Å². The smallest absolute Gasteiger partial charge is 0.0534 e. The van der Waals surface area contributed by atoms with Crippen molar-refractivity contribution in [2.75, 3.05) is 12.8 Å². The first-order chi connectivity index (χ1) is 8.56. The lowest BCUT2D eigenvalue weighted by Gasteiger charge is -2.17. The van der Waals surface area contributed by atoms with Gasteiger partial charge in [-0.1, -0.05) is 12.1 Å². The van der Waals surface area contributed by atoms with Crippen LogP contribution in [0.2, 0.25) is 0 Å². The van der Waals surface area contributed by atoms with E-state index in [4.69, 9.17) is 5.73 Å². The summed E-state index contributed by atoms with van der Waals surface area (Å²) in [7, 11) is 4.04. The van der Waals surface area contributed by atoms with Crippen molar-refractivity contribution in [2.45, 2.75) is 20.0 Å². The van der Waals surface area contributed by atoms with Crippen LogP contribution in [-0.2, 0) is 20.1 Å². The summed E-state index contributed by atoms with van der Waals surface area (Å²) in [4.78, 5) is 2.26. The third kappa shape index (κ3) is 2.90. The van der Waals surface area contributed by atoms with Gasteiger partial charge in [-0.05, 0) is 31.2 Å². The summed E-state index contributed by atoms with van der Waals surface area (Å²) in [5.41, 5.74) is 10.5. The van der Waals surface area contributed by atoms with Crippen LogP contribution in [0.1, 0.15) is 16.7 Å². The second-order valence-electron chi connectivity index (χ2n) is 4.83. The lowest BCUT2D eigenvalue weighted by molar-refractivity contribution is 0.318. The Morgan fingerprint density at radius 1 is 1.33 bits per heavy atom. The summed E-state index contributed by atoms with van der Waals surface area (Å²) in [5.74, 6) is 0. The van der Waals surface area contributed by atoms with Crippen LogP contribution in [0.15, 0.2) is 30.6 Å². The van der Waals surface area contributed by atoms with Crippen LogP contribution in [0, 0.1) is 6.92 Å². The third-order valence-corrected chi connectivity index (χ3v) is 3.14. The first-order valence-corrected chi connectivity index (χ1v) is 6.06.